The zero-order valence-corrected chi connectivity index (χ0v) is 25.3. The Bertz CT molecular complexity index is 1670. The fraction of sp³-hybridized carbons (Fsp3) is 0.258. The van der Waals surface area contributed by atoms with E-state index < -0.39 is 18.0 Å². The van der Waals surface area contributed by atoms with Crippen LogP contribution in [0.25, 0.3) is 6.08 Å². The van der Waals surface area contributed by atoms with Crippen molar-refractivity contribution in [2.75, 3.05) is 44.7 Å². The van der Waals surface area contributed by atoms with E-state index in [0.29, 0.717) is 65.4 Å². The summed E-state index contributed by atoms with van der Waals surface area (Å²) in [5.74, 6) is -0.967. The lowest BCUT2D eigenvalue weighted by Gasteiger charge is -2.38. The van der Waals surface area contributed by atoms with Crippen molar-refractivity contribution in [2.45, 2.75) is 12.1 Å². The van der Waals surface area contributed by atoms with Gasteiger partial charge in [0.1, 0.15) is 6.04 Å². The number of hydrogen-bond donors (Lipinski definition) is 2. The standard InChI is InChI=1S/C31H29ClN6O5S/c1-43-30(41)26-24(34-28(29-33-12-15-44-29)35-27(26)22-4-2-3-5-23(22)32)18-36-13-14-37-21(16-36)17-38(31(37)42)20-9-6-19(7-10-20)8-11-25(39)40/h2-12,15,21,27H,13-14,16-18H2,1H3,(H,34,35)(H,39,40)/b11-8+/t21-,27-/m0/s1. The number of carboxylic acids is 1. The Kier molecular flexibility index (Phi) is 8.47. The van der Waals surface area contributed by atoms with Gasteiger partial charge in [0.05, 0.1) is 18.7 Å². The smallest absolute Gasteiger partial charge is 0.338 e. The Morgan fingerprint density at radius 2 is 1.95 bits per heavy atom. The third-order valence-electron chi connectivity index (χ3n) is 7.81. The van der Waals surface area contributed by atoms with E-state index in [0.717, 1.165) is 17.3 Å². The zero-order chi connectivity index (χ0) is 30.8. The number of ether oxygens (including phenoxy) is 1. The second-order valence-corrected chi connectivity index (χ2v) is 11.8. The molecular formula is C31H29ClN6O5S. The third kappa shape index (κ3) is 5.96. The number of carbonyl (C=O) groups is 3. The molecule has 3 aliphatic rings. The number of amidine groups is 1. The molecule has 0 radical (unpaired) electrons. The SMILES string of the molecule is COC(=O)C1=C(CN2CCN3C(=O)N(c4ccc(/C=C/C(=O)O)cc4)C[C@@H]3C2)NC(c2nccs2)=N[C@H]1c1ccccc1Cl. The number of rotatable bonds is 8. The van der Waals surface area contributed by atoms with Gasteiger partial charge in [0.25, 0.3) is 0 Å². The van der Waals surface area contributed by atoms with Gasteiger partial charge in [0, 0.05) is 72.3 Å². The minimum absolute atomic E-state index is 0.0555. The Morgan fingerprint density at radius 3 is 2.66 bits per heavy atom. The van der Waals surface area contributed by atoms with Gasteiger partial charge in [-0.3, -0.25) is 14.8 Å². The van der Waals surface area contributed by atoms with E-state index >= 15 is 0 Å². The van der Waals surface area contributed by atoms with Gasteiger partial charge in [-0.2, -0.15) is 0 Å². The molecule has 11 nitrogen and oxygen atoms in total. The van der Waals surface area contributed by atoms with Crippen molar-refractivity contribution in [1.82, 2.24) is 20.1 Å². The van der Waals surface area contributed by atoms with Crippen molar-refractivity contribution < 1.29 is 24.2 Å². The van der Waals surface area contributed by atoms with Crippen LogP contribution in [0.4, 0.5) is 10.5 Å². The number of thiazole rings is 1. The lowest BCUT2D eigenvalue weighted by atomic mass is 9.95. The monoisotopic (exact) mass is 632 g/mol. The van der Waals surface area contributed by atoms with Crippen LogP contribution in [0.5, 0.6) is 0 Å². The number of urea groups is 1. The summed E-state index contributed by atoms with van der Waals surface area (Å²) in [4.78, 5) is 52.6. The summed E-state index contributed by atoms with van der Waals surface area (Å²) in [6.45, 7) is 2.64. The van der Waals surface area contributed by atoms with Crippen LogP contribution >= 0.6 is 22.9 Å². The normalized spacial score (nSPS) is 20.5. The van der Waals surface area contributed by atoms with Crippen LogP contribution in [-0.4, -0.2) is 89.6 Å². The van der Waals surface area contributed by atoms with Crippen molar-refractivity contribution in [3.05, 3.63) is 98.6 Å². The molecule has 6 rings (SSSR count). The lowest BCUT2D eigenvalue weighted by Crippen LogP contribution is -2.53. The van der Waals surface area contributed by atoms with Crippen LogP contribution in [0.15, 0.2) is 82.4 Å². The van der Waals surface area contributed by atoms with Crippen LogP contribution in [-0.2, 0) is 14.3 Å². The first kappa shape index (κ1) is 29.5. The predicted octanol–water partition coefficient (Wildman–Crippen LogP) is 4.04. The highest BCUT2D eigenvalue weighted by Crippen LogP contribution is 2.37. The molecule has 4 heterocycles. The quantitative estimate of drug-likeness (QED) is 0.281. The number of anilines is 1. The second-order valence-electron chi connectivity index (χ2n) is 10.5. The molecule has 0 bridgehead atoms. The van der Waals surface area contributed by atoms with Gasteiger partial charge in [0.15, 0.2) is 10.8 Å². The predicted molar refractivity (Wildman–Crippen MR) is 168 cm³/mol. The van der Waals surface area contributed by atoms with Crippen LogP contribution in [0.2, 0.25) is 5.02 Å². The van der Waals surface area contributed by atoms with Gasteiger partial charge in [-0.15, -0.1) is 11.3 Å². The van der Waals surface area contributed by atoms with Crippen LogP contribution in [0.1, 0.15) is 22.2 Å². The highest BCUT2D eigenvalue weighted by Gasteiger charge is 2.42. The molecule has 44 heavy (non-hydrogen) atoms. The van der Waals surface area contributed by atoms with E-state index in [-0.39, 0.29) is 12.1 Å². The van der Waals surface area contributed by atoms with Crippen LogP contribution in [0.3, 0.4) is 0 Å². The number of aliphatic carboxylic acids is 1. The minimum Gasteiger partial charge on any atom is -0.478 e. The molecule has 13 heteroatoms. The first-order chi connectivity index (χ1) is 21.3. The summed E-state index contributed by atoms with van der Waals surface area (Å²) in [6.07, 6.45) is 4.29. The maximum Gasteiger partial charge on any atom is 0.338 e. The number of hydrogen-bond acceptors (Lipinski definition) is 9. The van der Waals surface area contributed by atoms with Gasteiger partial charge in [-0.05, 0) is 29.8 Å². The average molecular weight is 633 g/mol. The largest absolute Gasteiger partial charge is 0.478 e. The van der Waals surface area contributed by atoms with Gasteiger partial charge < -0.3 is 20.1 Å². The molecule has 3 aliphatic heterocycles. The minimum atomic E-state index is -1.02. The number of methoxy groups -OCH3 is 1. The Hall–Kier alpha value is -4.52. The van der Waals surface area contributed by atoms with Crippen LogP contribution < -0.4 is 10.2 Å². The number of esters is 1. The summed E-state index contributed by atoms with van der Waals surface area (Å²) in [5.41, 5.74) is 3.21. The number of carboxylic acid groups (broad SMARTS) is 1. The topological polar surface area (TPSA) is 128 Å². The number of piperazine rings is 1. The van der Waals surface area contributed by atoms with E-state index in [1.165, 1.54) is 24.5 Å². The number of nitrogens with zero attached hydrogens (tertiary/aromatic N) is 5. The summed E-state index contributed by atoms with van der Waals surface area (Å²) in [7, 11) is 1.35. The summed E-state index contributed by atoms with van der Waals surface area (Å²) in [6, 6.07) is 13.7. The lowest BCUT2D eigenvalue weighted by molar-refractivity contribution is -0.136. The number of amides is 2. The highest BCUT2D eigenvalue weighted by molar-refractivity contribution is 7.11. The van der Waals surface area contributed by atoms with Gasteiger partial charge in [0.2, 0.25) is 0 Å². The number of benzene rings is 2. The molecule has 226 valence electrons. The maximum atomic E-state index is 13.3. The number of halogens is 1. The van der Waals surface area contributed by atoms with E-state index in [9.17, 15) is 14.4 Å². The first-order valence-electron chi connectivity index (χ1n) is 13.9. The van der Waals surface area contributed by atoms with Crippen molar-refractivity contribution in [3.63, 3.8) is 0 Å². The fourth-order valence-electron chi connectivity index (χ4n) is 5.73. The molecule has 2 atom stereocenters. The summed E-state index contributed by atoms with van der Waals surface area (Å²) in [5, 5.41) is 15.3. The van der Waals surface area contributed by atoms with E-state index in [2.05, 4.69) is 15.2 Å². The highest BCUT2D eigenvalue weighted by atomic mass is 35.5. The third-order valence-corrected chi connectivity index (χ3v) is 8.93. The molecule has 2 amide bonds. The first-order valence-corrected chi connectivity index (χ1v) is 15.2. The van der Waals surface area contributed by atoms with Gasteiger partial charge in [-0.25, -0.2) is 19.4 Å². The molecule has 0 saturated carbocycles. The fourth-order valence-corrected chi connectivity index (χ4v) is 6.56. The zero-order valence-electron chi connectivity index (χ0n) is 23.7. The Balaban J connectivity index is 1.24. The van der Waals surface area contributed by atoms with Gasteiger partial charge in [-0.1, -0.05) is 41.9 Å². The van der Waals surface area contributed by atoms with Crippen molar-refractivity contribution >= 4 is 58.5 Å². The Morgan fingerprint density at radius 1 is 1.16 bits per heavy atom. The molecule has 2 saturated heterocycles. The molecular weight excluding hydrogens is 604 g/mol. The molecule has 0 unspecified atom stereocenters. The molecule has 0 spiro atoms. The molecule has 2 N–H and O–H groups in total. The van der Waals surface area contributed by atoms with Gasteiger partial charge >= 0.3 is 18.0 Å². The van der Waals surface area contributed by atoms with Crippen molar-refractivity contribution in [2.24, 2.45) is 4.99 Å². The number of aliphatic imine (C=N–C) groups is 1. The molecule has 2 aromatic carbocycles. The summed E-state index contributed by atoms with van der Waals surface area (Å²) < 4.78 is 5.23. The number of fused-ring (bicyclic) bond motifs is 1. The van der Waals surface area contributed by atoms with E-state index in [4.69, 9.17) is 26.4 Å². The number of nitrogens with one attached hydrogen (secondary N) is 1. The number of aromatic nitrogens is 1. The van der Waals surface area contributed by atoms with E-state index in [1.54, 1.807) is 29.3 Å². The second kappa shape index (κ2) is 12.6. The summed E-state index contributed by atoms with van der Waals surface area (Å²) >= 11 is 8.04. The molecule has 2 fully saturated rings. The molecule has 1 aromatic heterocycles. The molecule has 0 aliphatic carbocycles. The van der Waals surface area contributed by atoms with E-state index in [1.807, 2.05) is 40.6 Å². The van der Waals surface area contributed by atoms with Crippen molar-refractivity contribution in [1.29, 1.82) is 0 Å². The van der Waals surface area contributed by atoms with Crippen LogP contribution in [0, 0.1) is 0 Å². The Labute approximate surface area is 262 Å². The maximum absolute atomic E-state index is 13.3. The average Bonchev–Trinajstić information content (AvgIpc) is 3.68. The van der Waals surface area contributed by atoms with Crippen molar-refractivity contribution in [3.8, 4) is 0 Å². The number of carbonyl (C=O) groups excluding carboxylic acids is 2. The molecule has 3 aromatic rings.